The van der Waals surface area contributed by atoms with Crippen molar-refractivity contribution in [2.24, 2.45) is 7.05 Å². The molecule has 5 rings (SSSR count). The maximum absolute atomic E-state index is 15.4. The summed E-state index contributed by atoms with van der Waals surface area (Å²) in [6, 6.07) is 16.2. The zero-order chi connectivity index (χ0) is 22.4. The van der Waals surface area contributed by atoms with Crippen LogP contribution in [0.5, 0.6) is 0 Å². The van der Waals surface area contributed by atoms with Gasteiger partial charge in [-0.25, -0.2) is 9.49 Å². The molecule has 0 unspecified atom stereocenters. The molecule has 3 aromatic carbocycles. The van der Waals surface area contributed by atoms with Gasteiger partial charge in [-0.3, -0.25) is 9.48 Å². The third-order valence-electron chi connectivity index (χ3n) is 5.70. The van der Waals surface area contributed by atoms with Gasteiger partial charge < -0.3 is 5.73 Å². The molecule has 0 amide bonds. The Morgan fingerprint density at radius 3 is 2.75 bits per heavy atom. The highest BCUT2D eigenvalue weighted by Crippen LogP contribution is 2.38. The van der Waals surface area contributed by atoms with Gasteiger partial charge in [0.05, 0.1) is 28.4 Å². The predicted octanol–water partition coefficient (Wildman–Crippen LogP) is 2.90. The number of nitrogens with one attached hydrogen (secondary N) is 1. The fraction of sp³-hybridized carbons (Fsp3) is 0.0833. The summed E-state index contributed by atoms with van der Waals surface area (Å²) in [6.45, 7) is 0.397. The molecule has 156 valence electrons. The summed E-state index contributed by atoms with van der Waals surface area (Å²) in [6.07, 6.45) is 1.64. The third-order valence-corrected chi connectivity index (χ3v) is 5.70. The number of quaternary nitrogens is 1. The molecule has 32 heavy (non-hydrogen) atoms. The predicted molar refractivity (Wildman–Crippen MR) is 119 cm³/mol. The maximum atomic E-state index is 15.4. The lowest BCUT2D eigenvalue weighted by Gasteiger charge is -2.13. The van der Waals surface area contributed by atoms with Gasteiger partial charge >= 0.3 is 0 Å². The summed E-state index contributed by atoms with van der Waals surface area (Å²) >= 11 is 0. The van der Waals surface area contributed by atoms with Crippen LogP contribution in [0.3, 0.4) is 0 Å². The van der Waals surface area contributed by atoms with Gasteiger partial charge in [0, 0.05) is 23.4 Å². The van der Waals surface area contributed by atoms with Crippen molar-refractivity contribution in [1.82, 2.24) is 20.0 Å². The van der Waals surface area contributed by atoms with Crippen molar-refractivity contribution in [2.75, 3.05) is 0 Å². The number of fused-ring (bicyclic) bond motifs is 2. The SMILES string of the molecule is Cn1ncc(-c2ccc3c(=O)[nH]nc(C[NH3+])c3c2)c1-c1c(F)cc2ccccc2c1C#N. The number of rotatable bonds is 3. The molecule has 0 aliphatic heterocycles. The van der Waals surface area contributed by atoms with Crippen molar-refractivity contribution in [3.63, 3.8) is 0 Å². The first-order valence-electron chi connectivity index (χ1n) is 9.98. The van der Waals surface area contributed by atoms with Crippen molar-refractivity contribution in [2.45, 2.75) is 6.54 Å². The van der Waals surface area contributed by atoms with Crippen LogP contribution in [0.1, 0.15) is 11.3 Å². The topological polar surface area (TPSA) is 115 Å². The second-order valence-corrected chi connectivity index (χ2v) is 7.48. The van der Waals surface area contributed by atoms with Gasteiger partial charge in [-0.2, -0.15) is 15.5 Å². The quantitative estimate of drug-likeness (QED) is 0.462. The van der Waals surface area contributed by atoms with Crippen molar-refractivity contribution >= 4 is 21.5 Å². The molecule has 2 aromatic heterocycles. The van der Waals surface area contributed by atoms with Crippen LogP contribution in [-0.4, -0.2) is 20.0 Å². The Morgan fingerprint density at radius 1 is 1.16 bits per heavy atom. The third kappa shape index (κ3) is 2.87. The van der Waals surface area contributed by atoms with Crippen molar-refractivity contribution in [1.29, 1.82) is 5.26 Å². The van der Waals surface area contributed by atoms with E-state index >= 15 is 4.39 Å². The van der Waals surface area contributed by atoms with E-state index < -0.39 is 5.82 Å². The number of nitrogens with zero attached hydrogens (tertiary/aromatic N) is 4. The summed E-state index contributed by atoms with van der Waals surface area (Å²) in [4.78, 5) is 12.2. The zero-order valence-electron chi connectivity index (χ0n) is 17.2. The van der Waals surface area contributed by atoms with Crippen molar-refractivity contribution in [3.05, 3.63) is 82.2 Å². The first-order chi connectivity index (χ1) is 15.5. The zero-order valence-corrected chi connectivity index (χ0v) is 17.2. The second-order valence-electron chi connectivity index (χ2n) is 7.48. The Hall–Kier alpha value is -4.35. The summed E-state index contributed by atoms with van der Waals surface area (Å²) in [5.41, 5.74) is 6.57. The summed E-state index contributed by atoms with van der Waals surface area (Å²) in [5, 5.41) is 23.4. The number of aryl methyl sites for hydroxylation is 1. The molecule has 0 saturated heterocycles. The molecule has 0 fully saturated rings. The molecular weight excluding hydrogens is 407 g/mol. The monoisotopic (exact) mass is 425 g/mol. The fourth-order valence-electron chi connectivity index (χ4n) is 4.18. The highest BCUT2D eigenvalue weighted by atomic mass is 19.1. The Morgan fingerprint density at radius 2 is 1.97 bits per heavy atom. The number of aromatic nitrogens is 4. The van der Waals surface area contributed by atoms with Gasteiger partial charge in [0.1, 0.15) is 24.1 Å². The number of aromatic amines is 1. The van der Waals surface area contributed by atoms with Crippen molar-refractivity contribution in [3.8, 4) is 28.5 Å². The van der Waals surface area contributed by atoms with Crippen LogP contribution in [0.15, 0.2) is 59.5 Å². The number of H-pyrrole nitrogens is 1. The molecule has 8 heteroatoms. The molecule has 5 aromatic rings. The minimum Gasteiger partial charge on any atom is -0.352 e. The molecule has 0 radical (unpaired) electrons. The number of benzene rings is 3. The van der Waals surface area contributed by atoms with Gasteiger partial charge in [-0.15, -0.1) is 0 Å². The maximum Gasteiger partial charge on any atom is 0.272 e. The molecular formula is C24H18FN6O+. The molecule has 0 saturated carbocycles. The summed E-state index contributed by atoms with van der Waals surface area (Å²) in [5.74, 6) is -0.498. The van der Waals surface area contributed by atoms with Gasteiger partial charge in [0.25, 0.3) is 5.56 Å². The number of halogens is 1. The minimum atomic E-state index is -0.498. The lowest BCUT2D eigenvalue weighted by atomic mass is 9.93. The minimum absolute atomic E-state index is 0.197. The Labute approximate surface area is 181 Å². The first kappa shape index (κ1) is 19.6. The highest BCUT2D eigenvalue weighted by molar-refractivity contribution is 5.97. The molecule has 2 heterocycles. The van der Waals surface area contributed by atoms with E-state index in [-0.39, 0.29) is 16.7 Å². The summed E-state index contributed by atoms with van der Waals surface area (Å²) in [7, 11) is 1.71. The normalized spacial score (nSPS) is 11.2. The average molecular weight is 425 g/mol. The second kappa shape index (κ2) is 7.41. The number of hydrogen-bond acceptors (Lipinski definition) is 4. The van der Waals surface area contributed by atoms with Crippen LogP contribution in [-0.2, 0) is 13.6 Å². The standard InChI is InChI=1S/C24H17FN6O/c1-31-23(22-18(10-26)15-5-3-2-4-13(15)9-20(22)25)19(12-28-31)14-6-7-16-17(8-14)21(11-27)29-30-24(16)32/h2-9,12H,11,27H2,1H3,(H,30,32)/p+1. The number of hydrogen-bond donors (Lipinski definition) is 2. The molecule has 0 aliphatic carbocycles. The lowest BCUT2D eigenvalue weighted by Crippen LogP contribution is -2.48. The molecule has 0 atom stereocenters. The highest BCUT2D eigenvalue weighted by Gasteiger charge is 2.22. The van der Waals surface area contributed by atoms with E-state index in [0.717, 1.165) is 5.56 Å². The van der Waals surface area contributed by atoms with Gasteiger partial charge in [0.2, 0.25) is 0 Å². The first-order valence-corrected chi connectivity index (χ1v) is 9.98. The van der Waals surface area contributed by atoms with E-state index in [4.69, 9.17) is 0 Å². The van der Waals surface area contributed by atoms with Gasteiger partial charge in [-0.1, -0.05) is 30.3 Å². The van der Waals surface area contributed by atoms with Crippen LogP contribution in [0.25, 0.3) is 43.9 Å². The van der Waals surface area contributed by atoms with E-state index in [1.807, 2.05) is 18.2 Å². The van der Waals surface area contributed by atoms with E-state index in [9.17, 15) is 10.1 Å². The molecule has 0 spiro atoms. The van der Waals surface area contributed by atoms with Crippen LogP contribution in [0.2, 0.25) is 0 Å². The van der Waals surface area contributed by atoms with Crippen LogP contribution in [0.4, 0.5) is 4.39 Å². The van der Waals surface area contributed by atoms with Crippen LogP contribution >= 0.6 is 0 Å². The van der Waals surface area contributed by atoms with Gasteiger partial charge in [-0.05, 0) is 29.1 Å². The Kier molecular flexibility index (Phi) is 4.54. The Bertz CT molecular complexity index is 1630. The molecule has 7 nitrogen and oxygen atoms in total. The number of nitriles is 1. The molecule has 0 aliphatic rings. The van der Waals surface area contributed by atoms with Crippen LogP contribution < -0.4 is 11.3 Å². The summed E-state index contributed by atoms with van der Waals surface area (Å²) < 4.78 is 16.9. The van der Waals surface area contributed by atoms with E-state index in [0.29, 0.717) is 45.0 Å². The Balaban J connectivity index is 1.82. The van der Waals surface area contributed by atoms with Crippen molar-refractivity contribution < 1.29 is 10.1 Å². The van der Waals surface area contributed by atoms with Crippen LogP contribution in [0, 0.1) is 17.1 Å². The molecule has 4 N–H and O–H groups in total. The smallest absolute Gasteiger partial charge is 0.272 e. The van der Waals surface area contributed by atoms with E-state index in [1.54, 1.807) is 42.2 Å². The molecule has 0 bridgehead atoms. The van der Waals surface area contributed by atoms with E-state index in [1.165, 1.54) is 6.07 Å². The average Bonchev–Trinajstić information content (AvgIpc) is 3.19. The largest absolute Gasteiger partial charge is 0.352 e. The van der Waals surface area contributed by atoms with E-state index in [2.05, 4.69) is 27.1 Å². The van der Waals surface area contributed by atoms with Gasteiger partial charge in [0.15, 0.2) is 0 Å². The fourth-order valence-corrected chi connectivity index (χ4v) is 4.18. The lowest BCUT2D eigenvalue weighted by molar-refractivity contribution is -0.387.